The Morgan fingerprint density at radius 2 is 1.77 bits per heavy atom. The van der Waals surface area contributed by atoms with Gasteiger partial charge in [0.25, 0.3) is 0 Å². The summed E-state index contributed by atoms with van der Waals surface area (Å²) in [6.07, 6.45) is 0. The largest absolute Gasteiger partial charge is 0.333 e. The minimum Gasteiger partial charge on any atom is -0.333 e. The van der Waals surface area contributed by atoms with E-state index >= 15 is 0 Å². The van der Waals surface area contributed by atoms with Gasteiger partial charge in [0.2, 0.25) is 5.91 Å². The quantitative estimate of drug-likeness (QED) is 0.857. The maximum Gasteiger partial charge on any atom is 0.321 e. The van der Waals surface area contributed by atoms with Crippen molar-refractivity contribution in [3.63, 3.8) is 0 Å². The van der Waals surface area contributed by atoms with Crippen LogP contribution < -0.4 is 10.6 Å². The molecule has 2 rings (SSSR count). The Morgan fingerprint density at radius 3 is 2.35 bits per heavy atom. The van der Waals surface area contributed by atoms with Crippen LogP contribution >= 0.6 is 0 Å². The van der Waals surface area contributed by atoms with E-state index in [9.17, 15) is 14.0 Å². The molecule has 6 nitrogen and oxygen atoms in total. The summed E-state index contributed by atoms with van der Waals surface area (Å²) in [5.41, 5.74) is 0.289. The molecular formula is C19H29FN4O2. The van der Waals surface area contributed by atoms with Gasteiger partial charge >= 0.3 is 6.03 Å². The van der Waals surface area contributed by atoms with Crippen molar-refractivity contribution in [2.24, 2.45) is 0 Å². The Morgan fingerprint density at radius 1 is 1.15 bits per heavy atom. The average molecular weight is 364 g/mol. The summed E-state index contributed by atoms with van der Waals surface area (Å²) in [4.78, 5) is 28.3. The van der Waals surface area contributed by atoms with Crippen molar-refractivity contribution in [1.82, 2.24) is 20.4 Å². The maximum atomic E-state index is 13.8. The Kier molecular flexibility index (Phi) is 6.72. The van der Waals surface area contributed by atoms with Crippen molar-refractivity contribution >= 4 is 11.9 Å². The Balaban J connectivity index is 1.80. The van der Waals surface area contributed by atoms with Gasteiger partial charge in [0.05, 0.1) is 6.04 Å². The second-order valence-corrected chi connectivity index (χ2v) is 7.77. The van der Waals surface area contributed by atoms with Gasteiger partial charge in [0.1, 0.15) is 5.82 Å². The molecule has 0 radical (unpaired) electrons. The fourth-order valence-electron chi connectivity index (χ4n) is 2.93. The van der Waals surface area contributed by atoms with Crippen molar-refractivity contribution in [2.45, 2.75) is 45.8 Å². The van der Waals surface area contributed by atoms with Crippen LogP contribution in [0, 0.1) is 5.82 Å². The Labute approximate surface area is 154 Å². The van der Waals surface area contributed by atoms with Crippen LogP contribution in [0.25, 0.3) is 0 Å². The first-order chi connectivity index (χ1) is 12.2. The summed E-state index contributed by atoms with van der Waals surface area (Å²) in [5.74, 6) is -0.498. The SMILES string of the molecule is C[C@H](C(=O)NC(=O)NC(C)(C)C)N1CCN(Cc2ccccc2F)CC1. The number of hydrogen-bond acceptors (Lipinski definition) is 4. The highest BCUT2D eigenvalue weighted by atomic mass is 19.1. The van der Waals surface area contributed by atoms with Gasteiger partial charge in [-0.2, -0.15) is 0 Å². The van der Waals surface area contributed by atoms with Gasteiger partial charge in [0, 0.05) is 43.8 Å². The highest BCUT2D eigenvalue weighted by molar-refractivity contribution is 5.97. The Bertz CT molecular complexity index is 637. The monoisotopic (exact) mass is 364 g/mol. The van der Waals surface area contributed by atoms with Gasteiger partial charge in [-0.3, -0.25) is 19.9 Å². The second kappa shape index (κ2) is 8.60. The first-order valence-corrected chi connectivity index (χ1v) is 8.98. The number of halogens is 1. The molecule has 1 aliphatic rings. The lowest BCUT2D eigenvalue weighted by Gasteiger charge is -2.37. The molecule has 1 aromatic carbocycles. The molecule has 1 saturated heterocycles. The van der Waals surface area contributed by atoms with Gasteiger partial charge < -0.3 is 5.32 Å². The summed E-state index contributed by atoms with van der Waals surface area (Å²) in [6, 6.07) is 5.92. The van der Waals surface area contributed by atoms with Crippen LogP contribution in [0.4, 0.5) is 9.18 Å². The van der Waals surface area contributed by atoms with Crippen molar-refractivity contribution in [3.05, 3.63) is 35.6 Å². The molecule has 0 saturated carbocycles. The van der Waals surface area contributed by atoms with Crippen LogP contribution in [0.2, 0.25) is 0 Å². The van der Waals surface area contributed by atoms with E-state index in [2.05, 4.69) is 15.5 Å². The number of amides is 3. The van der Waals surface area contributed by atoms with Gasteiger partial charge in [0.15, 0.2) is 0 Å². The lowest BCUT2D eigenvalue weighted by Crippen LogP contribution is -2.56. The number of rotatable bonds is 4. The van der Waals surface area contributed by atoms with E-state index < -0.39 is 17.6 Å². The number of urea groups is 1. The number of imide groups is 1. The topological polar surface area (TPSA) is 64.7 Å². The third kappa shape index (κ3) is 6.07. The number of nitrogens with zero attached hydrogens (tertiary/aromatic N) is 2. The summed E-state index contributed by atoms with van der Waals surface area (Å²) in [7, 11) is 0. The van der Waals surface area contributed by atoms with Crippen LogP contribution in [-0.4, -0.2) is 59.5 Å². The minimum absolute atomic E-state index is 0.187. The predicted molar refractivity (Wildman–Crippen MR) is 99.1 cm³/mol. The van der Waals surface area contributed by atoms with Crippen LogP contribution in [-0.2, 0) is 11.3 Å². The van der Waals surface area contributed by atoms with E-state index in [-0.39, 0.29) is 11.7 Å². The van der Waals surface area contributed by atoms with Crippen LogP contribution in [0.15, 0.2) is 24.3 Å². The van der Waals surface area contributed by atoms with Crippen molar-refractivity contribution < 1.29 is 14.0 Å². The zero-order valence-corrected chi connectivity index (χ0v) is 16.0. The number of hydrogen-bond donors (Lipinski definition) is 2. The molecule has 0 spiro atoms. The standard InChI is InChI=1S/C19H29FN4O2/c1-14(17(25)21-18(26)22-19(2,3)4)24-11-9-23(10-12-24)13-15-7-5-6-8-16(15)20/h5-8,14H,9-13H2,1-4H3,(H2,21,22,25,26)/t14-/m1/s1. The number of benzene rings is 1. The first kappa shape index (κ1) is 20.3. The van der Waals surface area contributed by atoms with Gasteiger partial charge in [-0.1, -0.05) is 18.2 Å². The molecule has 0 aromatic heterocycles. The zero-order chi connectivity index (χ0) is 19.3. The smallest absolute Gasteiger partial charge is 0.321 e. The van der Waals surface area contributed by atoms with Crippen LogP contribution in [0.5, 0.6) is 0 Å². The number of nitrogens with one attached hydrogen (secondary N) is 2. The molecule has 1 heterocycles. The van der Waals surface area contributed by atoms with E-state index in [4.69, 9.17) is 0 Å². The fourth-order valence-corrected chi connectivity index (χ4v) is 2.93. The third-order valence-electron chi connectivity index (χ3n) is 4.41. The van der Waals surface area contributed by atoms with Gasteiger partial charge in [-0.05, 0) is 33.8 Å². The number of carbonyl (C=O) groups is 2. The van der Waals surface area contributed by atoms with Gasteiger partial charge in [-0.25, -0.2) is 9.18 Å². The van der Waals surface area contributed by atoms with E-state index in [1.54, 1.807) is 19.1 Å². The molecule has 7 heteroatoms. The lowest BCUT2D eigenvalue weighted by molar-refractivity contribution is -0.125. The van der Waals surface area contributed by atoms with E-state index in [0.717, 1.165) is 13.1 Å². The molecule has 1 fully saturated rings. The molecule has 0 aliphatic carbocycles. The predicted octanol–water partition coefficient (Wildman–Crippen LogP) is 1.96. The number of carbonyl (C=O) groups excluding carboxylic acids is 2. The van der Waals surface area contributed by atoms with Crippen LogP contribution in [0.1, 0.15) is 33.3 Å². The summed E-state index contributed by atoms with van der Waals surface area (Å²) in [6.45, 7) is 10.8. The molecule has 0 bridgehead atoms. The number of piperazine rings is 1. The van der Waals surface area contributed by atoms with E-state index in [0.29, 0.717) is 25.2 Å². The van der Waals surface area contributed by atoms with Crippen molar-refractivity contribution in [2.75, 3.05) is 26.2 Å². The fraction of sp³-hybridized carbons (Fsp3) is 0.579. The van der Waals surface area contributed by atoms with E-state index in [1.165, 1.54) is 6.07 Å². The molecule has 2 N–H and O–H groups in total. The van der Waals surface area contributed by atoms with E-state index in [1.807, 2.05) is 31.7 Å². The molecule has 1 aliphatic heterocycles. The molecule has 26 heavy (non-hydrogen) atoms. The Hall–Kier alpha value is -1.99. The summed E-state index contributed by atoms with van der Waals surface area (Å²) in [5, 5.41) is 5.11. The molecule has 0 unspecified atom stereocenters. The van der Waals surface area contributed by atoms with Crippen molar-refractivity contribution in [3.8, 4) is 0 Å². The molecule has 144 valence electrons. The normalized spacial score (nSPS) is 17.6. The minimum atomic E-state index is -0.479. The first-order valence-electron chi connectivity index (χ1n) is 8.98. The van der Waals surface area contributed by atoms with Crippen molar-refractivity contribution in [1.29, 1.82) is 0 Å². The third-order valence-corrected chi connectivity index (χ3v) is 4.41. The van der Waals surface area contributed by atoms with Crippen LogP contribution in [0.3, 0.4) is 0 Å². The second-order valence-electron chi connectivity index (χ2n) is 7.77. The lowest BCUT2D eigenvalue weighted by atomic mass is 10.1. The molecular weight excluding hydrogens is 335 g/mol. The summed E-state index contributed by atoms with van der Waals surface area (Å²) < 4.78 is 13.8. The maximum absolute atomic E-state index is 13.8. The van der Waals surface area contributed by atoms with Gasteiger partial charge in [-0.15, -0.1) is 0 Å². The summed E-state index contributed by atoms with van der Waals surface area (Å²) >= 11 is 0. The molecule has 1 aromatic rings. The average Bonchev–Trinajstić information content (AvgIpc) is 2.55. The highest BCUT2D eigenvalue weighted by Crippen LogP contribution is 2.13. The highest BCUT2D eigenvalue weighted by Gasteiger charge is 2.27. The molecule has 3 amide bonds. The molecule has 1 atom stereocenters. The zero-order valence-electron chi connectivity index (χ0n) is 16.0.